The number of aromatic nitrogens is 2. The van der Waals surface area contributed by atoms with E-state index in [1.165, 1.54) is 11.3 Å². The summed E-state index contributed by atoms with van der Waals surface area (Å²) in [5.41, 5.74) is 2.41. The van der Waals surface area contributed by atoms with Crippen LogP contribution in [-0.4, -0.2) is 29.8 Å². The molecule has 1 heterocycles. The van der Waals surface area contributed by atoms with Gasteiger partial charge in [-0.2, -0.15) is 0 Å². The van der Waals surface area contributed by atoms with E-state index in [2.05, 4.69) is 55.9 Å². The van der Waals surface area contributed by atoms with Crippen LogP contribution in [0, 0.1) is 0 Å². The molecule has 0 atom stereocenters. The summed E-state index contributed by atoms with van der Waals surface area (Å²) in [5, 5.41) is 3.39. The number of nitrogens with zero attached hydrogens (tertiary/aromatic N) is 2. The Morgan fingerprint density at radius 3 is 3.00 bits per heavy atom. The smallest absolute Gasteiger partial charge is 0.112 e. The molecule has 2 aromatic rings. The fourth-order valence-electron chi connectivity index (χ4n) is 2.14. The maximum absolute atomic E-state index is 5.06. The highest BCUT2D eigenvalue weighted by molar-refractivity contribution is 9.10. The van der Waals surface area contributed by atoms with Gasteiger partial charge in [0.15, 0.2) is 0 Å². The van der Waals surface area contributed by atoms with E-state index in [9.17, 15) is 0 Å². The predicted octanol–water partition coefficient (Wildman–Crippen LogP) is 2.93. The second-order valence-electron chi connectivity index (χ2n) is 4.51. The number of methoxy groups -OCH3 is 1. The Hall–Kier alpha value is -1.17. The van der Waals surface area contributed by atoms with Gasteiger partial charge in [-0.1, -0.05) is 22.9 Å². The lowest BCUT2D eigenvalue weighted by molar-refractivity contribution is 0.199. The molecule has 0 saturated carbocycles. The molecule has 1 N–H and O–H groups in total. The highest BCUT2D eigenvalue weighted by atomic mass is 79.9. The van der Waals surface area contributed by atoms with Crippen molar-refractivity contribution >= 4 is 15.9 Å². The first-order chi connectivity index (χ1) is 9.76. The molecule has 0 spiro atoms. The Kier molecular flexibility index (Phi) is 5.76. The highest BCUT2D eigenvalue weighted by Crippen LogP contribution is 2.21. The Labute approximate surface area is 128 Å². The minimum Gasteiger partial charge on any atom is -0.383 e. The maximum Gasteiger partial charge on any atom is 0.112 e. The van der Waals surface area contributed by atoms with Crippen molar-refractivity contribution in [3.05, 3.63) is 46.5 Å². The molecule has 1 aromatic carbocycles. The van der Waals surface area contributed by atoms with Crippen LogP contribution in [0.3, 0.4) is 0 Å². The maximum atomic E-state index is 5.06. The molecule has 0 saturated heterocycles. The monoisotopic (exact) mass is 337 g/mol. The van der Waals surface area contributed by atoms with E-state index in [-0.39, 0.29) is 0 Å². The van der Waals surface area contributed by atoms with Gasteiger partial charge in [0.05, 0.1) is 12.3 Å². The van der Waals surface area contributed by atoms with E-state index < -0.39 is 0 Å². The Bertz CT molecular complexity index is 554. The largest absolute Gasteiger partial charge is 0.383 e. The van der Waals surface area contributed by atoms with Gasteiger partial charge < -0.3 is 14.6 Å². The number of rotatable bonds is 7. The van der Waals surface area contributed by atoms with Crippen LogP contribution in [-0.2, 0) is 17.7 Å². The number of halogens is 1. The minimum atomic E-state index is 0.717. The molecular weight excluding hydrogens is 318 g/mol. The zero-order valence-corrected chi connectivity index (χ0v) is 13.5. The number of benzene rings is 1. The van der Waals surface area contributed by atoms with E-state index in [0.29, 0.717) is 6.61 Å². The fourth-order valence-corrected chi connectivity index (χ4v) is 2.55. The van der Waals surface area contributed by atoms with Crippen molar-refractivity contribution in [2.24, 2.45) is 0 Å². The Morgan fingerprint density at radius 2 is 2.25 bits per heavy atom. The van der Waals surface area contributed by atoms with Gasteiger partial charge in [0, 0.05) is 43.5 Å². The summed E-state index contributed by atoms with van der Waals surface area (Å²) in [6.45, 7) is 4.48. The molecule has 0 unspecified atom stereocenters. The van der Waals surface area contributed by atoms with E-state index in [1.807, 2.05) is 12.4 Å². The quantitative estimate of drug-likeness (QED) is 0.789. The number of hydrogen-bond donors (Lipinski definition) is 1. The first-order valence-corrected chi connectivity index (χ1v) is 7.56. The molecule has 0 aliphatic rings. The van der Waals surface area contributed by atoms with E-state index >= 15 is 0 Å². The molecule has 0 amide bonds. The van der Waals surface area contributed by atoms with Crippen LogP contribution in [0.15, 0.2) is 35.1 Å². The van der Waals surface area contributed by atoms with Gasteiger partial charge in [0.2, 0.25) is 0 Å². The minimum absolute atomic E-state index is 0.717. The molecule has 5 heteroatoms. The van der Waals surface area contributed by atoms with Crippen molar-refractivity contribution in [2.45, 2.75) is 19.9 Å². The number of ether oxygens (including phenoxy) is 1. The van der Waals surface area contributed by atoms with E-state index in [4.69, 9.17) is 4.74 Å². The summed E-state index contributed by atoms with van der Waals surface area (Å²) < 4.78 is 8.29. The van der Waals surface area contributed by atoms with Crippen LogP contribution in [0.4, 0.5) is 0 Å². The van der Waals surface area contributed by atoms with Gasteiger partial charge in [0.25, 0.3) is 0 Å². The average molecular weight is 338 g/mol. The van der Waals surface area contributed by atoms with Crippen molar-refractivity contribution in [1.29, 1.82) is 0 Å². The molecule has 0 aliphatic carbocycles. The number of nitrogens with one attached hydrogen (secondary N) is 1. The molecule has 2 rings (SSSR count). The summed E-state index contributed by atoms with van der Waals surface area (Å²) in [7, 11) is 1.71. The molecular formula is C15H20BrN3O. The van der Waals surface area contributed by atoms with Gasteiger partial charge in [-0.05, 0) is 23.8 Å². The van der Waals surface area contributed by atoms with Crippen LogP contribution >= 0.6 is 15.9 Å². The fraction of sp³-hybridized carbons (Fsp3) is 0.400. The summed E-state index contributed by atoms with van der Waals surface area (Å²) >= 11 is 3.54. The molecule has 0 fully saturated rings. The molecule has 0 aliphatic heterocycles. The third-order valence-corrected chi connectivity index (χ3v) is 3.63. The van der Waals surface area contributed by atoms with Crippen LogP contribution in [0.25, 0.3) is 5.69 Å². The average Bonchev–Trinajstić information content (AvgIpc) is 2.92. The van der Waals surface area contributed by atoms with Crippen LogP contribution in [0.1, 0.15) is 18.3 Å². The molecule has 4 nitrogen and oxygen atoms in total. The second-order valence-corrected chi connectivity index (χ2v) is 5.43. The molecule has 0 radical (unpaired) electrons. The number of hydrogen-bond acceptors (Lipinski definition) is 3. The zero-order valence-electron chi connectivity index (χ0n) is 11.9. The van der Waals surface area contributed by atoms with Crippen molar-refractivity contribution in [3.63, 3.8) is 0 Å². The zero-order chi connectivity index (χ0) is 14.4. The van der Waals surface area contributed by atoms with E-state index in [1.54, 1.807) is 7.11 Å². The Balaban J connectivity index is 2.24. The number of aryl methyl sites for hydroxylation is 1. The molecule has 0 bridgehead atoms. The first kappa shape index (κ1) is 15.2. The standard InChI is InChI=1S/C15H20BrN3O/c1-3-15-18-6-8-19(15)14-5-4-13(16)10-12(14)11-17-7-9-20-2/h4-6,8,10,17H,3,7,9,11H2,1-2H3. The lowest BCUT2D eigenvalue weighted by Crippen LogP contribution is -2.19. The van der Waals surface area contributed by atoms with Crippen molar-refractivity contribution in [2.75, 3.05) is 20.3 Å². The SMILES string of the molecule is CCc1nccn1-c1ccc(Br)cc1CNCCOC. The van der Waals surface area contributed by atoms with Gasteiger partial charge in [-0.15, -0.1) is 0 Å². The summed E-state index contributed by atoms with van der Waals surface area (Å²) in [6, 6.07) is 6.33. The van der Waals surface area contributed by atoms with Crippen LogP contribution in [0.5, 0.6) is 0 Å². The van der Waals surface area contributed by atoms with Crippen molar-refractivity contribution < 1.29 is 4.74 Å². The molecule has 1 aromatic heterocycles. The normalized spacial score (nSPS) is 10.9. The topological polar surface area (TPSA) is 39.1 Å². The molecule has 108 valence electrons. The van der Waals surface area contributed by atoms with Gasteiger partial charge in [-0.25, -0.2) is 4.98 Å². The third kappa shape index (κ3) is 3.69. The predicted molar refractivity (Wildman–Crippen MR) is 84.2 cm³/mol. The van der Waals surface area contributed by atoms with Gasteiger partial charge >= 0.3 is 0 Å². The number of imidazole rings is 1. The van der Waals surface area contributed by atoms with E-state index in [0.717, 1.165) is 29.8 Å². The van der Waals surface area contributed by atoms with Crippen molar-refractivity contribution in [1.82, 2.24) is 14.9 Å². The Morgan fingerprint density at radius 1 is 1.40 bits per heavy atom. The highest BCUT2D eigenvalue weighted by Gasteiger charge is 2.08. The van der Waals surface area contributed by atoms with Gasteiger partial charge in [0.1, 0.15) is 5.82 Å². The third-order valence-electron chi connectivity index (χ3n) is 3.13. The summed E-state index contributed by atoms with van der Waals surface area (Å²) in [4.78, 5) is 4.40. The lowest BCUT2D eigenvalue weighted by atomic mass is 10.1. The van der Waals surface area contributed by atoms with Crippen LogP contribution in [0.2, 0.25) is 0 Å². The second kappa shape index (κ2) is 7.57. The first-order valence-electron chi connectivity index (χ1n) is 6.77. The summed E-state index contributed by atoms with van der Waals surface area (Å²) in [6.07, 6.45) is 4.78. The van der Waals surface area contributed by atoms with Gasteiger partial charge in [-0.3, -0.25) is 0 Å². The van der Waals surface area contributed by atoms with Crippen LogP contribution < -0.4 is 5.32 Å². The lowest BCUT2D eigenvalue weighted by Gasteiger charge is -2.14. The summed E-state index contributed by atoms with van der Waals surface area (Å²) in [5.74, 6) is 1.07. The van der Waals surface area contributed by atoms with Crippen molar-refractivity contribution in [3.8, 4) is 5.69 Å². The molecule has 20 heavy (non-hydrogen) atoms.